The van der Waals surface area contributed by atoms with Crippen molar-refractivity contribution >= 4 is 52.8 Å². The van der Waals surface area contributed by atoms with Crippen LogP contribution in [0, 0.1) is 13.8 Å². The SMILES string of the molecule is CCOc1cc(/C=C2/C(=O)NC(=O)N(c3ccc(C)c(Cl)c3)C2=O)cc(Cl)c1OCc1cccc(C)c1. The lowest BCUT2D eigenvalue weighted by Gasteiger charge is -2.26. The van der Waals surface area contributed by atoms with Crippen molar-refractivity contribution in [2.24, 2.45) is 0 Å². The number of hydrogen-bond donors (Lipinski definition) is 1. The molecule has 0 aliphatic carbocycles. The van der Waals surface area contributed by atoms with Crippen molar-refractivity contribution < 1.29 is 23.9 Å². The fourth-order valence-corrected chi connectivity index (χ4v) is 4.26. The summed E-state index contributed by atoms with van der Waals surface area (Å²) in [4.78, 5) is 39.2. The minimum Gasteiger partial charge on any atom is -0.490 e. The van der Waals surface area contributed by atoms with Crippen LogP contribution in [-0.2, 0) is 16.2 Å². The Morgan fingerprint density at radius 2 is 1.73 bits per heavy atom. The van der Waals surface area contributed by atoms with Crippen LogP contribution < -0.4 is 19.7 Å². The molecule has 190 valence electrons. The van der Waals surface area contributed by atoms with Crippen LogP contribution in [0.3, 0.4) is 0 Å². The molecule has 0 unspecified atom stereocenters. The average molecular weight is 539 g/mol. The molecule has 0 spiro atoms. The van der Waals surface area contributed by atoms with Gasteiger partial charge in [0.2, 0.25) is 0 Å². The van der Waals surface area contributed by atoms with E-state index in [0.29, 0.717) is 28.7 Å². The first-order valence-electron chi connectivity index (χ1n) is 11.5. The van der Waals surface area contributed by atoms with Gasteiger partial charge in [0.15, 0.2) is 11.5 Å². The topological polar surface area (TPSA) is 84.9 Å². The molecule has 0 atom stereocenters. The number of hydrogen-bond acceptors (Lipinski definition) is 5. The number of nitrogens with zero attached hydrogens (tertiary/aromatic N) is 1. The summed E-state index contributed by atoms with van der Waals surface area (Å²) in [6, 6.07) is 15.0. The maximum Gasteiger partial charge on any atom is 0.335 e. The summed E-state index contributed by atoms with van der Waals surface area (Å²) >= 11 is 12.7. The fraction of sp³-hybridized carbons (Fsp3) is 0.179. The molecule has 3 aromatic carbocycles. The van der Waals surface area contributed by atoms with E-state index in [4.69, 9.17) is 32.7 Å². The smallest absolute Gasteiger partial charge is 0.335 e. The van der Waals surface area contributed by atoms with Gasteiger partial charge in [0.05, 0.1) is 17.3 Å². The first-order valence-corrected chi connectivity index (χ1v) is 12.3. The number of aryl methyl sites for hydroxylation is 2. The number of halogens is 2. The molecule has 4 rings (SSSR count). The zero-order valence-electron chi connectivity index (χ0n) is 20.4. The highest BCUT2D eigenvalue weighted by atomic mass is 35.5. The van der Waals surface area contributed by atoms with Crippen LogP contribution in [0.5, 0.6) is 11.5 Å². The fourth-order valence-electron chi connectivity index (χ4n) is 3.81. The normalized spacial score (nSPS) is 14.7. The molecule has 1 heterocycles. The van der Waals surface area contributed by atoms with E-state index in [9.17, 15) is 14.4 Å². The zero-order chi connectivity index (χ0) is 26.7. The molecule has 9 heteroatoms. The second-order valence-corrected chi connectivity index (χ2v) is 9.25. The predicted octanol–water partition coefficient (Wildman–Crippen LogP) is 6.25. The van der Waals surface area contributed by atoms with Crippen molar-refractivity contribution in [1.82, 2.24) is 5.32 Å². The van der Waals surface area contributed by atoms with E-state index in [1.807, 2.05) is 38.1 Å². The lowest BCUT2D eigenvalue weighted by Crippen LogP contribution is -2.54. The predicted molar refractivity (Wildman–Crippen MR) is 143 cm³/mol. The maximum absolute atomic E-state index is 13.2. The van der Waals surface area contributed by atoms with E-state index in [1.165, 1.54) is 12.1 Å². The van der Waals surface area contributed by atoms with Crippen molar-refractivity contribution in [1.29, 1.82) is 0 Å². The Labute approximate surface area is 224 Å². The van der Waals surface area contributed by atoms with Crippen molar-refractivity contribution in [2.45, 2.75) is 27.4 Å². The summed E-state index contributed by atoms with van der Waals surface area (Å²) in [5.74, 6) is -0.907. The highest BCUT2D eigenvalue weighted by molar-refractivity contribution is 6.39. The number of ether oxygens (including phenoxy) is 2. The van der Waals surface area contributed by atoms with E-state index in [0.717, 1.165) is 21.6 Å². The highest BCUT2D eigenvalue weighted by Gasteiger charge is 2.37. The number of benzene rings is 3. The van der Waals surface area contributed by atoms with Crippen LogP contribution in [0.2, 0.25) is 10.0 Å². The molecule has 0 radical (unpaired) electrons. The van der Waals surface area contributed by atoms with Gasteiger partial charge < -0.3 is 9.47 Å². The third-order valence-corrected chi connectivity index (χ3v) is 6.31. The van der Waals surface area contributed by atoms with Crippen LogP contribution in [0.15, 0.2) is 60.2 Å². The van der Waals surface area contributed by atoms with Crippen molar-refractivity contribution in [3.63, 3.8) is 0 Å². The average Bonchev–Trinajstić information content (AvgIpc) is 2.83. The number of carbonyl (C=O) groups is 3. The van der Waals surface area contributed by atoms with Crippen molar-refractivity contribution in [3.8, 4) is 11.5 Å². The molecule has 0 saturated carbocycles. The molecule has 1 N–H and O–H groups in total. The number of anilines is 1. The van der Waals surface area contributed by atoms with Gasteiger partial charge in [-0.15, -0.1) is 0 Å². The Balaban J connectivity index is 1.67. The lowest BCUT2D eigenvalue weighted by molar-refractivity contribution is -0.122. The molecule has 0 aromatic heterocycles. The van der Waals surface area contributed by atoms with Gasteiger partial charge in [-0.1, -0.05) is 59.1 Å². The lowest BCUT2D eigenvalue weighted by atomic mass is 10.1. The van der Waals surface area contributed by atoms with Crippen LogP contribution in [0.25, 0.3) is 6.08 Å². The van der Waals surface area contributed by atoms with Gasteiger partial charge in [-0.05, 0) is 67.8 Å². The number of imide groups is 2. The Morgan fingerprint density at radius 3 is 2.43 bits per heavy atom. The van der Waals surface area contributed by atoms with Gasteiger partial charge >= 0.3 is 6.03 Å². The molecule has 7 nitrogen and oxygen atoms in total. The number of urea groups is 1. The summed E-state index contributed by atoms with van der Waals surface area (Å²) in [7, 11) is 0. The number of barbiturate groups is 1. The van der Waals surface area contributed by atoms with E-state index < -0.39 is 17.8 Å². The van der Waals surface area contributed by atoms with Gasteiger partial charge in [0, 0.05) is 5.02 Å². The molecular weight excluding hydrogens is 515 g/mol. The van der Waals surface area contributed by atoms with E-state index in [2.05, 4.69) is 5.32 Å². The molecule has 1 saturated heterocycles. The summed E-state index contributed by atoms with van der Waals surface area (Å²) in [6.45, 7) is 6.23. The van der Waals surface area contributed by atoms with Gasteiger partial charge in [-0.2, -0.15) is 0 Å². The Kier molecular flexibility index (Phi) is 7.86. The Morgan fingerprint density at radius 1 is 0.946 bits per heavy atom. The van der Waals surface area contributed by atoms with Gasteiger partial charge in [-0.3, -0.25) is 14.9 Å². The van der Waals surface area contributed by atoms with E-state index in [-0.39, 0.29) is 22.9 Å². The molecule has 37 heavy (non-hydrogen) atoms. The van der Waals surface area contributed by atoms with Gasteiger partial charge in [0.25, 0.3) is 11.8 Å². The van der Waals surface area contributed by atoms with E-state index >= 15 is 0 Å². The third kappa shape index (κ3) is 5.79. The Bertz CT molecular complexity index is 1430. The number of rotatable bonds is 7. The van der Waals surface area contributed by atoms with Crippen molar-refractivity contribution in [2.75, 3.05) is 11.5 Å². The van der Waals surface area contributed by atoms with Crippen LogP contribution in [-0.4, -0.2) is 24.5 Å². The van der Waals surface area contributed by atoms with E-state index in [1.54, 1.807) is 31.2 Å². The third-order valence-electron chi connectivity index (χ3n) is 5.62. The second-order valence-electron chi connectivity index (χ2n) is 8.43. The maximum atomic E-state index is 13.2. The zero-order valence-corrected chi connectivity index (χ0v) is 21.9. The van der Waals surface area contributed by atoms with Crippen LogP contribution in [0.1, 0.15) is 29.2 Å². The minimum absolute atomic E-state index is 0.240. The number of amides is 4. The van der Waals surface area contributed by atoms with Crippen LogP contribution in [0.4, 0.5) is 10.5 Å². The molecular formula is C28H24Cl2N2O5. The molecule has 1 aliphatic rings. The monoisotopic (exact) mass is 538 g/mol. The quantitative estimate of drug-likeness (QED) is 0.283. The minimum atomic E-state index is -0.861. The van der Waals surface area contributed by atoms with Crippen molar-refractivity contribution in [3.05, 3.63) is 92.5 Å². The Hall–Kier alpha value is -3.81. The molecule has 4 amide bonds. The summed E-state index contributed by atoms with van der Waals surface area (Å²) < 4.78 is 11.7. The summed E-state index contributed by atoms with van der Waals surface area (Å²) in [5, 5.41) is 2.83. The van der Waals surface area contributed by atoms with Gasteiger partial charge in [-0.25, -0.2) is 9.69 Å². The largest absolute Gasteiger partial charge is 0.490 e. The van der Waals surface area contributed by atoms with Crippen LogP contribution >= 0.6 is 23.2 Å². The standard InChI is InChI=1S/C28H24Cl2N2O5/c1-4-36-24-13-19(12-23(30)25(24)37-15-18-7-5-6-16(2)10-18)11-21-26(33)31-28(35)32(27(21)34)20-9-8-17(3)22(29)14-20/h5-14H,4,15H2,1-3H3,(H,31,33,35)/b21-11-. The number of nitrogens with one attached hydrogen (secondary N) is 1. The molecule has 3 aromatic rings. The molecule has 1 fully saturated rings. The summed E-state index contributed by atoms with van der Waals surface area (Å²) in [6.07, 6.45) is 1.35. The molecule has 0 bridgehead atoms. The summed E-state index contributed by atoms with van der Waals surface area (Å²) in [5.41, 5.74) is 3.27. The first kappa shape index (κ1) is 26.3. The first-order chi connectivity index (χ1) is 17.7. The molecule has 1 aliphatic heterocycles. The highest BCUT2D eigenvalue weighted by Crippen LogP contribution is 2.38. The van der Waals surface area contributed by atoms with Gasteiger partial charge in [0.1, 0.15) is 12.2 Å². The number of carbonyl (C=O) groups excluding carboxylic acids is 3. The second kappa shape index (κ2) is 11.1.